The summed E-state index contributed by atoms with van der Waals surface area (Å²) in [6, 6.07) is 10.00. The summed E-state index contributed by atoms with van der Waals surface area (Å²) in [6.45, 7) is 4.67. The van der Waals surface area contributed by atoms with Crippen LogP contribution in [0.4, 0.5) is 0 Å². The molecule has 3 aromatic heterocycles. The van der Waals surface area contributed by atoms with Gasteiger partial charge in [0.1, 0.15) is 11.2 Å². The lowest BCUT2D eigenvalue weighted by molar-refractivity contribution is -0.120. The van der Waals surface area contributed by atoms with E-state index in [0.717, 1.165) is 33.4 Å². The zero-order valence-electron chi connectivity index (χ0n) is 15.0. The molecule has 0 aliphatic rings. The summed E-state index contributed by atoms with van der Waals surface area (Å²) in [4.78, 5) is 16.8. The van der Waals surface area contributed by atoms with Crippen molar-refractivity contribution >= 4 is 22.5 Å². The van der Waals surface area contributed by atoms with Gasteiger partial charge in [-0.1, -0.05) is 18.2 Å². The summed E-state index contributed by atoms with van der Waals surface area (Å²) in [5, 5.41) is 3.99. The van der Waals surface area contributed by atoms with Crippen LogP contribution in [-0.2, 0) is 17.6 Å². The Labute approximate surface area is 151 Å². The molecule has 1 aromatic carbocycles. The molecule has 0 unspecified atom stereocenters. The molecule has 1 amide bonds. The van der Waals surface area contributed by atoms with Crippen molar-refractivity contribution in [1.29, 1.82) is 0 Å². The smallest absolute Gasteiger partial charge is 0.224 e. The average molecular weight is 347 g/mol. The lowest BCUT2D eigenvalue weighted by Crippen LogP contribution is -2.27. The van der Waals surface area contributed by atoms with Crippen LogP contribution in [0.1, 0.15) is 22.4 Å². The Kier molecular flexibility index (Phi) is 4.21. The number of aryl methyl sites for hydroxylation is 2. The fourth-order valence-electron chi connectivity index (χ4n) is 3.20. The number of nitrogens with zero attached hydrogens (tertiary/aromatic N) is 2. The molecule has 26 heavy (non-hydrogen) atoms. The van der Waals surface area contributed by atoms with Crippen molar-refractivity contribution in [3.05, 3.63) is 71.4 Å². The van der Waals surface area contributed by atoms with Crippen molar-refractivity contribution in [2.24, 2.45) is 0 Å². The van der Waals surface area contributed by atoms with Crippen LogP contribution >= 0.6 is 0 Å². The zero-order chi connectivity index (χ0) is 18.1. The van der Waals surface area contributed by atoms with Crippen LogP contribution in [0.3, 0.4) is 0 Å². The van der Waals surface area contributed by atoms with Gasteiger partial charge in [-0.2, -0.15) is 0 Å². The van der Waals surface area contributed by atoms with Gasteiger partial charge in [-0.3, -0.25) is 4.79 Å². The first-order chi connectivity index (χ1) is 12.6. The normalized spacial score (nSPS) is 11.3. The van der Waals surface area contributed by atoms with Gasteiger partial charge in [0.15, 0.2) is 0 Å². The van der Waals surface area contributed by atoms with Crippen LogP contribution in [0.5, 0.6) is 0 Å². The minimum atomic E-state index is -0.00491. The number of furan rings is 1. The summed E-state index contributed by atoms with van der Waals surface area (Å²) in [7, 11) is 0. The van der Waals surface area contributed by atoms with Crippen molar-refractivity contribution in [2.75, 3.05) is 6.54 Å². The third-order valence-corrected chi connectivity index (χ3v) is 4.81. The van der Waals surface area contributed by atoms with Crippen molar-refractivity contribution < 1.29 is 9.21 Å². The number of carbonyl (C=O) groups excluding carboxylic acids is 1. The number of aromatic nitrogens is 2. The molecule has 0 fully saturated rings. The largest absolute Gasteiger partial charge is 0.464 e. The monoisotopic (exact) mass is 347 g/mol. The lowest BCUT2D eigenvalue weighted by atomic mass is 10.0. The van der Waals surface area contributed by atoms with E-state index in [1.807, 2.05) is 48.0 Å². The second kappa shape index (κ2) is 6.67. The van der Waals surface area contributed by atoms with E-state index in [4.69, 9.17) is 4.42 Å². The summed E-state index contributed by atoms with van der Waals surface area (Å²) >= 11 is 0. The summed E-state index contributed by atoms with van der Waals surface area (Å²) in [5.41, 5.74) is 6.00. The maximum atomic E-state index is 12.3. The Hall–Kier alpha value is -3.08. The van der Waals surface area contributed by atoms with E-state index in [0.29, 0.717) is 19.4 Å². The van der Waals surface area contributed by atoms with Crippen LogP contribution < -0.4 is 5.32 Å². The molecule has 5 nitrogen and oxygen atoms in total. The van der Waals surface area contributed by atoms with Crippen LogP contribution in [0.25, 0.3) is 16.6 Å². The third kappa shape index (κ3) is 3.08. The third-order valence-electron chi connectivity index (χ3n) is 4.81. The minimum absolute atomic E-state index is 0.00491. The number of pyridine rings is 1. The van der Waals surface area contributed by atoms with Crippen molar-refractivity contribution in [2.45, 2.75) is 26.7 Å². The predicted octanol–water partition coefficient (Wildman–Crippen LogP) is 3.60. The molecule has 0 spiro atoms. The summed E-state index contributed by atoms with van der Waals surface area (Å²) in [6.07, 6.45) is 6.69. The van der Waals surface area contributed by atoms with Crippen molar-refractivity contribution in [3.8, 4) is 0 Å². The molecule has 0 aliphatic heterocycles. The van der Waals surface area contributed by atoms with E-state index in [2.05, 4.69) is 23.3 Å². The molecule has 4 rings (SSSR count). The van der Waals surface area contributed by atoms with Gasteiger partial charge in [0.2, 0.25) is 5.91 Å². The maximum Gasteiger partial charge on any atom is 0.224 e. The molecule has 0 radical (unpaired) electrons. The Morgan fingerprint density at radius 3 is 2.96 bits per heavy atom. The standard InChI is InChI=1S/C21H21N3O2/c1-14-6-7-18-16(13-26-21(18)15(14)2)11-20(25)22-9-8-17-12-24-10-4-3-5-19(24)23-17/h3-7,10,12-13H,8-9,11H2,1-2H3,(H,22,25). The zero-order valence-corrected chi connectivity index (χ0v) is 15.0. The maximum absolute atomic E-state index is 12.3. The van der Waals surface area contributed by atoms with Crippen LogP contribution in [-0.4, -0.2) is 21.8 Å². The Balaban J connectivity index is 1.37. The molecular weight excluding hydrogens is 326 g/mol. The topological polar surface area (TPSA) is 59.5 Å². The second-order valence-corrected chi connectivity index (χ2v) is 6.62. The van der Waals surface area contributed by atoms with Crippen LogP contribution in [0.2, 0.25) is 0 Å². The average Bonchev–Trinajstić information content (AvgIpc) is 3.22. The van der Waals surface area contributed by atoms with Crippen LogP contribution in [0, 0.1) is 13.8 Å². The van der Waals surface area contributed by atoms with Gasteiger partial charge in [-0.25, -0.2) is 4.98 Å². The number of hydrogen-bond donors (Lipinski definition) is 1. The van der Waals surface area contributed by atoms with E-state index in [9.17, 15) is 4.79 Å². The minimum Gasteiger partial charge on any atom is -0.464 e. The number of nitrogens with one attached hydrogen (secondary N) is 1. The van der Waals surface area contributed by atoms with E-state index in [1.54, 1.807) is 6.26 Å². The molecule has 1 N–H and O–H groups in total. The lowest BCUT2D eigenvalue weighted by Gasteiger charge is -2.04. The van der Waals surface area contributed by atoms with Crippen molar-refractivity contribution in [1.82, 2.24) is 14.7 Å². The van der Waals surface area contributed by atoms with Gasteiger partial charge in [0.25, 0.3) is 0 Å². The molecule has 0 atom stereocenters. The highest BCUT2D eigenvalue weighted by molar-refractivity contribution is 5.89. The van der Waals surface area contributed by atoms with Gasteiger partial charge in [0.05, 0.1) is 18.4 Å². The molecule has 0 saturated heterocycles. The quantitative estimate of drug-likeness (QED) is 0.600. The highest BCUT2D eigenvalue weighted by atomic mass is 16.3. The Morgan fingerprint density at radius 1 is 1.23 bits per heavy atom. The molecule has 3 heterocycles. The first-order valence-electron chi connectivity index (χ1n) is 8.77. The van der Waals surface area contributed by atoms with E-state index in [1.165, 1.54) is 5.56 Å². The number of imidazole rings is 1. The Bertz CT molecular complexity index is 1060. The molecule has 5 heteroatoms. The fraction of sp³-hybridized carbons (Fsp3) is 0.238. The number of carbonyl (C=O) groups is 1. The van der Waals surface area contributed by atoms with Gasteiger partial charge in [0, 0.05) is 36.3 Å². The first-order valence-corrected chi connectivity index (χ1v) is 8.77. The van der Waals surface area contributed by atoms with E-state index < -0.39 is 0 Å². The van der Waals surface area contributed by atoms with Gasteiger partial charge in [-0.15, -0.1) is 0 Å². The second-order valence-electron chi connectivity index (χ2n) is 6.62. The number of fused-ring (bicyclic) bond motifs is 2. The molecule has 4 aromatic rings. The first kappa shape index (κ1) is 16.4. The number of amides is 1. The van der Waals surface area contributed by atoms with Crippen LogP contribution in [0.15, 0.2) is 53.4 Å². The SMILES string of the molecule is Cc1ccc2c(CC(=O)NCCc3cn4ccccc4n3)coc2c1C. The summed E-state index contributed by atoms with van der Waals surface area (Å²) < 4.78 is 7.66. The predicted molar refractivity (Wildman–Crippen MR) is 101 cm³/mol. The van der Waals surface area contributed by atoms with Gasteiger partial charge < -0.3 is 14.1 Å². The number of hydrogen-bond acceptors (Lipinski definition) is 3. The number of benzene rings is 1. The molecule has 0 aliphatic carbocycles. The molecular formula is C21H21N3O2. The van der Waals surface area contributed by atoms with E-state index >= 15 is 0 Å². The Morgan fingerprint density at radius 2 is 2.12 bits per heavy atom. The van der Waals surface area contributed by atoms with E-state index in [-0.39, 0.29) is 5.91 Å². The molecule has 0 bridgehead atoms. The summed E-state index contributed by atoms with van der Waals surface area (Å²) in [5.74, 6) is -0.00491. The molecule has 0 saturated carbocycles. The van der Waals surface area contributed by atoms with Crippen molar-refractivity contribution in [3.63, 3.8) is 0 Å². The number of rotatable bonds is 5. The highest BCUT2D eigenvalue weighted by Gasteiger charge is 2.12. The molecule has 132 valence electrons. The van der Waals surface area contributed by atoms with Gasteiger partial charge >= 0.3 is 0 Å². The van der Waals surface area contributed by atoms with Gasteiger partial charge in [-0.05, 0) is 37.1 Å². The fourth-order valence-corrected chi connectivity index (χ4v) is 3.20. The highest BCUT2D eigenvalue weighted by Crippen LogP contribution is 2.26.